The fourth-order valence-corrected chi connectivity index (χ4v) is 2.63. The maximum absolute atomic E-state index is 13.1. The molecule has 30 heavy (non-hydrogen) atoms. The molecular formula is C19H16BrClF3N3O3. The van der Waals surface area contributed by atoms with Crippen molar-refractivity contribution < 1.29 is 27.5 Å². The van der Waals surface area contributed by atoms with Crippen LogP contribution in [0.25, 0.3) is 0 Å². The molecule has 2 N–H and O–H groups in total. The molecule has 0 fully saturated rings. The van der Waals surface area contributed by atoms with Crippen molar-refractivity contribution in [3.05, 3.63) is 57.5 Å². The van der Waals surface area contributed by atoms with Crippen LogP contribution in [0.15, 0.2) is 52.0 Å². The van der Waals surface area contributed by atoms with Gasteiger partial charge in [-0.25, -0.2) is 5.43 Å². The van der Waals surface area contributed by atoms with Gasteiger partial charge in [0.25, 0.3) is 5.91 Å². The molecule has 0 aliphatic carbocycles. The molecule has 0 bridgehead atoms. The minimum absolute atomic E-state index is 0.105. The van der Waals surface area contributed by atoms with Crippen molar-refractivity contribution in [1.29, 1.82) is 0 Å². The highest BCUT2D eigenvalue weighted by molar-refractivity contribution is 9.10. The van der Waals surface area contributed by atoms with Crippen LogP contribution >= 0.6 is 27.5 Å². The zero-order valence-electron chi connectivity index (χ0n) is 15.5. The Morgan fingerprint density at radius 2 is 1.80 bits per heavy atom. The van der Waals surface area contributed by atoms with E-state index in [1.807, 2.05) is 0 Å². The maximum Gasteiger partial charge on any atom is 0.418 e. The van der Waals surface area contributed by atoms with Crippen molar-refractivity contribution in [2.75, 3.05) is 11.9 Å². The second-order valence-corrected chi connectivity index (χ2v) is 7.39. The molecule has 0 radical (unpaired) electrons. The summed E-state index contributed by atoms with van der Waals surface area (Å²) in [5.41, 5.74) is 0.922. The monoisotopic (exact) mass is 505 g/mol. The molecule has 2 aromatic carbocycles. The molecule has 0 aliphatic rings. The van der Waals surface area contributed by atoms with Crippen molar-refractivity contribution in [2.24, 2.45) is 5.10 Å². The van der Waals surface area contributed by atoms with E-state index in [9.17, 15) is 22.8 Å². The first-order chi connectivity index (χ1) is 14.0. The van der Waals surface area contributed by atoms with Crippen molar-refractivity contribution in [3.63, 3.8) is 0 Å². The van der Waals surface area contributed by atoms with E-state index in [1.165, 1.54) is 13.0 Å². The van der Waals surface area contributed by atoms with E-state index in [0.29, 0.717) is 5.75 Å². The van der Waals surface area contributed by atoms with Crippen LogP contribution in [-0.4, -0.2) is 24.1 Å². The molecule has 0 atom stereocenters. The summed E-state index contributed by atoms with van der Waals surface area (Å²) >= 11 is 8.88. The van der Waals surface area contributed by atoms with Crippen LogP contribution in [0.4, 0.5) is 18.9 Å². The number of halogens is 5. The van der Waals surface area contributed by atoms with E-state index in [0.717, 1.165) is 16.6 Å². The Balaban J connectivity index is 1.87. The van der Waals surface area contributed by atoms with E-state index in [-0.39, 0.29) is 23.8 Å². The van der Waals surface area contributed by atoms with Crippen LogP contribution in [0, 0.1) is 0 Å². The fourth-order valence-electron chi connectivity index (χ4n) is 2.20. The Kier molecular flexibility index (Phi) is 8.24. The van der Waals surface area contributed by atoms with Gasteiger partial charge >= 0.3 is 6.18 Å². The molecule has 160 valence electrons. The van der Waals surface area contributed by atoms with Gasteiger partial charge in [-0.05, 0) is 49.4 Å². The summed E-state index contributed by atoms with van der Waals surface area (Å²) in [6.45, 7) is 1.15. The van der Waals surface area contributed by atoms with Crippen LogP contribution in [0.1, 0.15) is 18.9 Å². The molecule has 0 saturated carbocycles. The Hall–Kier alpha value is -2.59. The zero-order chi connectivity index (χ0) is 22.3. The third-order valence-electron chi connectivity index (χ3n) is 3.53. The first-order valence-electron chi connectivity index (χ1n) is 8.41. The summed E-state index contributed by atoms with van der Waals surface area (Å²) in [5.74, 6) is -0.809. The van der Waals surface area contributed by atoms with Gasteiger partial charge in [0.2, 0.25) is 5.91 Å². The second kappa shape index (κ2) is 10.4. The quantitative estimate of drug-likeness (QED) is 0.409. The highest BCUT2D eigenvalue weighted by atomic mass is 79.9. The summed E-state index contributed by atoms with van der Waals surface area (Å²) in [6, 6.07) is 9.86. The van der Waals surface area contributed by atoms with E-state index in [1.54, 1.807) is 24.3 Å². The molecule has 0 unspecified atom stereocenters. The highest BCUT2D eigenvalue weighted by Crippen LogP contribution is 2.36. The number of hydrazone groups is 1. The molecule has 2 rings (SSSR count). The number of nitrogens with one attached hydrogen (secondary N) is 2. The number of amides is 2. The van der Waals surface area contributed by atoms with Gasteiger partial charge in [-0.2, -0.15) is 18.3 Å². The van der Waals surface area contributed by atoms with Crippen LogP contribution in [-0.2, 0) is 15.8 Å². The fraction of sp³-hybridized carbons (Fsp3) is 0.211. The summed E-state index contributed by atoms with van der Waals surface area (Å²) in [7, 11) is 0. The van der Waals surface area contributed by atoms with Gasteiger partial charge in [0, 0.05) is 15.2 Å². The molecule has 2 aromatic rings. The molecular weight excluding hydrogens is 491 g/mol. The molecule has 0 heterocycles. The summed E-state index contributed by atoms with van der Waals surface area (Å²) in [6.07, 6.45) is -5.01. The molecule has 6 nitrogen and oxygen atoms in total. The van der Waals surface area contributed by atoms with Crippen molar-refractivity contribution in [3.8, 4) is 5.75 Å². The minimum atomic E-state index is -4.68. The maximum atomic E-state index is 13.1. The average molecular weight is 507 g/mol. The Morgan fingerprint density at radius 3 is 2.43 bits per heavy atom. The van der Waals surface area contributed by atoms with Crippen LogP contribution in [0.3, 0.4) is 0 Å². The zero-order valence-corrected chi connectivity index (χ0v) is 17.9. The molecule has 0 aromatic heterocycles. The molecule has 0 spiro atoms. The Bertz CT molecular complexity index is 950. The van der Waals surface area contributed by atoms with Crippen LogP contribution < -0.4 is 15.5 Å². The predicted molar refractivity (Wildman–Crippen MR) is 111 cm³/mol. The normalized spacial score (nSPS) is 11.7. The number of hydrogen-bond donors (Lipinski definition) is 2. The lowest BCUT2D eigenvalue weighted by Crippen LogP contribution is -2.26. The smallest absolute Gasteiger partial charge is 0.418 e. The number of nitrogens with zero attached hydrogens (tertiary/aromatic N) is 1. The number of rotatable bonds is 7. The lowest BCUT2D eigenvalue weighted by molar-refractivity contribution is -0.137. The van der Waals surface area contributed by atoms with Gasteiger partial charge in [-0.15, -0.1) is 0 Å². The lowest BCUT2D eigenvalue weighted by Gasteiger charge is -2.14. The first kappa shape index (κ1) is 23.7. The van der Waals surface area contributed by atoms with E-state index in [4.69, 9.17) is 16.3 Å². The largest absolute Gasteiger partial charge is 0.484 e. The van der Waals surface area contributed by atoms with Crippen molar-refractivity contribution in [2.45, 2.75) is 19.5 Å². The second-order valence-electron chi connectivity index (χ2n) is 6.04. The topological polar surface area (TPSA) is 79.8 Å². The number of benzene rings is 2. The van der Waals surface area contributed by atoms with Gasteiger partial charge in [0.1, 0.15) is 5.75 Å². The Morgan fingerprint density at radius 1 is 1.13 bits per heavy atom. The SMILES string of the molecule is C/C(CC(=O)Nc1ccc(Cl)cc1C(F)(F)F)=N/NC(=O)COc1ccc(Br)cc1. The number of anilines is 1. The van der Waals surface area contributed by atoms with Gasteiger partial charge in [0.15, 0.2) is 6.61 Å². The van der Waals surface area contributed by atoms with Gasteiger partial charge < -0.3 is 10.1 Å². The number of carbonyl (C=O) groups is 2. The van der Waals surface area contributed by atoms with Gasteiger partial charge in [0.05, 0.1) is 17.7 Å². The lowest BCUT2D eigenvalue weighted by atomic mass is 10.1. The standard InChI is InChI=1S/C19H16BrClF3N3O3/c1-11(26-27-18(29)10-30-14-5-2-12(20)3-6-14)8-17(28)25-16-7-4-13(21)9-15(16)19(22,23)24/h2-7,9H,8,10H2,1H3,(H,25,28)(H,27,29)/b26-11-. The van der Waals surface area contributed by atoms with Gasteiger partial charge in [-0.1, -0.05) is 27.5 Å². The minimum Gasteiger partial charge on any atom is -0.484 e. The van der Waals surface area contributed by atoms with Crippen LogP contribution in [0.5, 0.6) is 5.75 Å². The van der Waals surface area contributed by atoms with Gasteiger partial charge in [-0.3, -0.25) is 9.59 Å². The van der Waals surface area contributed by atoms with Crippen LogP contribution in [0.2, 0.25) is 5.02 Å². The summed E-state index contributed by atoms with van der Waals surface area (Å²) in [4.78, 5) is 23.8. The molecule has 2 amide bonds. The predicted octanol–water partition coefficient (Wildman–Crippen LogP) is 5.02. The first-order valence-corrected chi connectivity index (χ1v) is 9.58. The van der Waals surface area contributed by atoms with E-state index in [2.05, 4.69) is 31.8 Å². The number of hydrogen-bond acceptors (Lipinski definition) is 4. The molecule has 11 heteroatoms. The number of carbonyl (C=O) groups excluding carboxylic acids is 2. The average Bonchev–Trinajstić information content (AvgIpc) is 2.66. The Labute approximate surface area is 183 Å². The number of ether oxygens (including phenoxy) is 1. The third-order valence-corrected chi connectivity index (χ3v) is 4.30. The van der Waals surface area contributed by atoms with E-state index >= 15 is 0 Å². The summed E-state index contributed by atoms with van der Waals surface area (Å²) < 4.78 is 45.3. The van der Waals surface area contributed by atoms with Crippen molar-refractivity contribution in [1.82, 2.24) is 5.43 Å². The molecule has 0 aliphatic heterocycles. The third kappa shape index (κ3) is 7.68. The number of alkyl halides is 3. The molecule has 0 saturated heterocycles. The summed E-state index contributed by atoms with van der Waals surface area (Å²) in [5, 5.41) is 5.81. The van der Waals surface area contributed by atoms with Crippen molar-refractivity contribution >= 4 is 50.7 Å². The van der Waals surface area contributed by atoms with E-state index < -0.39 is 29.2 Å². The highest BCUT2D eigenvalue weighted by Gasteiger charge is 2.34.